The molecule has 1 aromatic heterocycles. The molecule has 0 aromatic carbocycles. The largest absolute Gasteiger partial charge is 0.477 e. The van der Waals surface area contributed by atoms with Crippen molar-refractivity contribution in [3.63, 3.8) is 0 Å². The number of carbonyl (C=O) groups is 1. The smallest absolute Gasteiger partial charge is 0.354 e. The topological polar surface area (TPSA) is 75.1 Å². The van der Waals surface area contributed by atoms with E-state index < -0.39 is 5.97 Å². The molecule has 0 fully saturated rings. The number of hydrogen-bond acceptors (Lipinski definition) is 5. The molecule has 16 heavy (non-hydrogen) atoms. The second kappa shape index (κ2) is 6.32. The van der Waals surface area contributed by atoms with Crippen LogP contribution < -0.4 is 5.32 Å². The quantitative estimate of drug-likeness (QED) is 0.791. The minimum Gasteiger partial charge on any atom is -0.477 e. The van der Waals surface area contributed by atoms with Gasteiger partial charge in [0.1, 0.15) is 11.6 Å². The Kier molecular flexibility index (Phi) is 5.04. The van der Waals surface area contributed by atoms with E-state index in [0.29, 0.717) is 17.4 Å². The lowest BCUT2D eigenvalue weighted by atomic mass is 10.3. The highest BCUT2D eigenvalue weighted by Crippen LogP contribution is 2.11. The van der Waals surface area contributed by atoms with Gasteiger partial charge in [0.05, 0.1) is 5.75 Å². The predicted octanol–water partition coefficient (Wildman–Crippen LogP) is 1.86. The van der Waals surface area contributed by atoms with Gasteiger partial charge in [0.15, 0.2) is 5.69 Å². The second-order valence-electron chi connectivity index (χ2n) is 3.22. The summed E-state index contributed by atoms with van der Waals surface area (Å²) in [6, 6.07) is 1.46. The van der Waals surface area contributed by atoms with Gasteiger partial charge in [0.2, 0.25) is 0 Å². The number of carboxylic acid groups (broad SMARTS) is 1. The Labute approximate surface area is 98.7 Å². The van der Waals surface area contributed by atoms with E-state index in [1.165, 1.54) is 6.07 Å². The molecule has 5 nitrogen and oxygen atoms in total. The maximum Gasteiger partial charge on any atom is 0.354 e. The lowest BCUT2D eigenvalue weighted by molar-refractivity contribution is 0.0690. The van der Waals surface area contributed by atoms with E-state index in [-0.39, 0.29) is 5.69 Å². The van der Waals surface area contributed by atoms with E-state index >= 15 is 0 Å². The van der Waals surface area contributed by atoms with Gasteiger partial charge in [0.25, 0.3) is 0 Å². The van der Waals surface area contributed by atoms with Crippen molar-refractivity contribution in [2.45, 2.75) is 19.1 Å². The Morgan fingerprint density at radius 1 is 1.56 bits per heavy atom. The van der Waals surface area contributed by atoms with Crippen LogP contribution in [0, 0.1) is 0 Å². The Morgan fingerprint density at radius 3 is 2.88 bits per heavy atom. The first-order valence-electron chi connectivity index (χ1n) is 5.01. The predicted molar refractivity (Wildman–Crippen MR) is 65.0 cm³/mol. The molecule has 0 aliphatic heterocycles. The van der Waals surface area contributed by atoms with Crippen molar-refractivity contribution in [3.8, 4) is 0 Å². The number of nitrogens with one attached hydrogen (secondary N) is 1. The summed E-state index contributed by atoms with van der Waals surface area (Å²) in [5.41, 5.74) is 0.0395. The maximum absolute atomic E-state index is 10.9. The van der Waals surface area contributed by atoms with E-state index in [1.807, 2.05) is 13.2 Å². The molecular formula is C10H15N3O2S. The first-order valence-corrected chi connectivity index (χ1v) is 6.40. The van der Waals surface area contributed by atoms with Crippen LogP contribution in [0.5, 0.6) is 0 Å². The van der Waals surface area contributed by atoms with Crippen LogP contribution in [-0.4, -0.2) is 33.8 Å². The number of rotatable bonds is 6. The molecule has 0 atom stereocenters. The minimum absolute atomic E-state index is 0.0395. The third-order valence-corrected chi connectivity index (χ3v) is 2.37. The van der Waals surface area contributed by atoms with Gasteiger partial charge in [-0.2, -0.15) is 11.8 Å². The van der Waals surface area contributed by atoms with Crippen molar-refractivity contribution in [1.29, 1.82) is 0 Å². The number of aromatic nitrogens is 2. The van der Waals surface area contributed by atoms with Crippen LogP contribution in [0.4, 0.5) is 5.82 Å². The van der Waals surface area contributed by atoms with Crippen molar-refractivity contribution in [1.82, 2.24) is 9.97 Å². The molecule has 0 radical (unpaired) electrons. The van der Waals surface area contributed by atoms with Gasteiger partial charge in [-0.25, -0.2) is 14.8 Å². The zero-order valence-corrected chi connectivity index (χ0v) is 10.2. The molecule has 0 unspecified atom stereocenters. The van der Waals surface area contributed by atoms with Crippen LogP contribution in [0.25, 0.3) is 0 Å². The molecule has 0 aliphatic rings. The van der Waals surface area contributed by atoms with Crippen molar-refractivity contribution in [2.24, 2.45) is 0 Å². The van der Waals surface area contributed by atoms with Gasteiger partial charge in [0, 0.05) is 12.6 Å². The molecule has 1 rings (SSSR count). The third kappa shape index (κ3) is 3.69. The van der Waals surface area contributed by atoms with E-state index in [4.69, 9.17) is 5.11 Å². The summed E-state index contributed by atoms with van der Waals surface area (Å²) >= 11 is 1.56. The number of nitrogens with zero attached hydrogens (tertiary/aromatic N) is 2. The van der Waals surface area contributed by atoms with E-state index in [0.717, 1.165) is 13.0 Å². The van der Waals surface area contributed by atoms with Crippen LogP contribution >= 0.6 is 11.8 Å². The van der Waals surface area contributed by atoms with Crippen LogP contribution in [0.3, 0.4) is 0 Å². The van der Waals surface area contributed by atoms with Gasteiger partial charge in [-0.05, 0) is 12.7 Å². The molecule has 88 valence electrons. The number of carboxylic acids is 1. The van der Waals surface area contributed by atoms with Gasteiger partial charge >= 0.3 is 5.97 Å². The average Bonchev–Trinajstić information content (AvgIpc) is 2.26. The fourth-order valence-corrected chi connectivity index (χ4v) is 1.53. The molecule has 1 aromatic rings. The number of hydrogen-bond donors (Lipinski definition) is 2. The summed E-state index contributed by atoms with van der Waals surface area (Å²) in [4.78, 5) is 19.1. The summed E-state index contributed by atoms with van der Waals surface area (Å²) in [6.07, 6.45) is 2.89. The number of anilines is 1. The number of thioether (sulfide) groups is 1. The fourth-order valence-electron chi connectivity index (χ4n) is 1.14. The van der Waals surface area contributed by atoms with Crippen molar-refractivity contribution >= 4 is 23.5 Å². The van der Waals surface area contributed by atoms with E-state index in [2.05, 4.69) is 15.3 Å². The van der Waals surface area contributed by atoms with Crippen molar-refractivity contribution < 1.29 is 9.90 Å². The summed E-state index contributed by atoms with van der Waals surface area (Å²) in [7, 11) is 0. The Morgan fingerprint density at radius 2 is 2.31 bits per heavy atom. The van der Waals surface area contributed by atoms with Gasteiger partial charge in [-0.15, -0.1) is 0 Å². The summed E-state index contributed by atoms with van der Waals surface area (Å²) in [5, 5.41) is 12.0. The summed E-state index contributed by atoms with van der Waals surface area (Å²) in [6.45, 7) is 2.81. The molecule has 0 amide bonds. The van der Waals surface area contributed by atoms with Crippen LogP contribution in [0.15, 0.2) is 6.07 Å². The monoisotopic (exact) mass is 241 g/mol. The second-order valence-corrected chi connectivity index (χ2v) is 4.09. The number of aromatic carboxylic acids is 1. The summed E-state index contributed by atoms with van der Waals surface area (Å²) in [5.74, 6) is 0.718. The Bertz CT molecular complexity index is 371. The fraction of sp³-hybridized carbons (Fsp3) is 0.500. The zero-order valence-electron chi connectivity index (χ0n) is 9.36. The first-order chi connectivity index (χ1) is 7.67. The summed E-state index contributed by atoms with van der Waals surface area (Å²) < 4.78 is 0. The molecule has 0 saturated heterocycles. The molecule has 2 N–H and O–H groups in total. The van der Waals surface area contributed by atoms with Gasteiger partial charge in [-0.3, -0.25) is 0 Å². The Balaban J connectivity index is 2.93. The van der Waals surface area contributed by atoms with Crippen LogP contribution in [-0.2, 0) is 5.75 Å². The van der Waals surface area contributed by atoms with Gasteiger partial charge in [-0.1, -0.05) is 6.92 Å². The molecule has 1 heterocycles. The molecule has 0 saturated carbocycles. The third-order valence-electron chi connectivity index (χ3n) is 1.82. The van der Waals surface area contributed by atoms with E-state index in [1.54, 1.807) is 11.8 Å². The molecule has 6 heteroatoms. The molecule has 0 bridgehead atoms. The Hall–Kier alpha value is -1.30. The molecule has 0 spiro atoms. The SMILES string of the molecule is CCCNc1cc(C(=O)O)nc(CSC)n1. The normalized spacial score (nSPS) is 10.1. The molecular weight excluding hydrogens is 226 g/mol. The van der Waals surface area contributed by atoms with Crippen molar-refractivity contribution in [3.05, 3.63) is 17.6 Å². The van der Waals surface area contributed by atoms with Crippen LogP contribution in [0.2, 0.25) is 0 Å². The highest BCUT2D eigenvalue weighted by Gasteiger charge is 2.09. The lowest BCUT2D eigenvalue weighted by Gasteiger charge is -2.06. The first kappa shape index (κ1) is 12.8. The van der Waals surface area contributed by atoms with Gasteiger partial charge < -0.3 is 10.4 Å². The maximum atomic E-state index is 10.9. The average molecular weight is 241 g/mol. The minimum atomic E-state index is -1.02. The highest BCUT2D eigenvalue weighted by atomic mass is 32.2. The van der Waals surface area contributed by atoms with Crippen molar-refractivity contribution in [2.75, 3.05) is 18.1 Å². The van der Waals surface area contributed by atoms with E-state index in [9.17, 15) is 4.79 Å². The lowest BCUT2D eigenvalue weighted by Crippen LogP contribution is -2.09. The highest BCUT2D eigenvalue weighted by molar-refractivity contribution is 7.97. The standard InChI is InChI=1S/C10H15N3O2S/c1-3-4-11-8-5-7(10(14)15)12-9(13-8)6-16-2/h5H,3-4,6H2,1-2H3,(H,14,15)(H,11,12,13). The molecule has 0 aliphatic carbocycles. The van der Waals surface area contributed by atoms with Crippen LogP contribution in [0.1, 0.15) is 29.7 Å². The zero-order chi connectivity index (χ0) is 12.0.